The summed E-state index contributed by atoms with van der Waals surface area (Å²) in [5.74, 6) is 0.702. The van der Waals surface area contributed by atoms with Crippen LogP contribution in [0.3, 0.4) is 0 Å². The Balaban J connectivity index is 1.99. The van der Waals surface area contributed by atoms with Crippen molar-refractivity contribution >= 4 is 5.91 Å². The molecule has 17 heavy (non-hydrogen) atoms. The topological polar surface area (TPSA) is 84.0 Å². The number of H-pyrrole nitrogens is 1. The Kier molecular flexibility index (Phi) is 4.03. The maximum atomic E-state index is 11.9. The van der Waals surface area contributed by atoms with Crippen molar-refractivity contribution in [2.75, 3.05) is 20.3 Å². The number of rotatable bonds is 4. The third kappa shape index (κ3) is 3.00. The Bertz CT molecular complexity index is 354. The molecular formula is C10H17N5O2. The molecule has 0 bridgehead atoms. The van der Waals surface area contributed by atoms with Crippen molar-refractivity contribution in [1.29, 1.82) is 0 Å². The van der Waals surface area contributed by atoms with E-state index in [4.69, 9.17) is 4.74 Å². The van der Waals surface area contributed by atoms with E-state index < -0.39 is 0 Å². The summed E-state index contributed by atoms with van der Waals surface area (Å²) in [6.45, 7) is 0.938. The third-order valence-electron chi connectivity index (χ3n) is 3.02. The molecule has 1 aliphatic rings. The zero-order valence-electron chi connectivity index (χ0n) is 9.93. The first-order valence-corrected chi connectivity index (χ1v) is 5.82. The van der Waals surface area contributed by atoms with E-state index in [0.29, 0.717) is 12.2 Å². The molecule has 1 saturated heterocycles. The molecule has 94 valence electrons. The minimum atomic E-state index is 0.0423. The van der Waals surface area contributed by atoms with Crippen LogP contribution in [0.1, 0.15) is 25.1 Å². The van der Waals surface area contributed by atoms with Crippen molar-refractivity contribution < 1.29 is 9.53 Å². The fourth-order valence-corrected chi connectivity index (χ4v) is 2.23. The van der Waals surface area contributed by atoms with Gasteiger partial charge in [-0.25, -0.2) is 0 Å². The van der Waals surface area contributed by atoms with Crippen LogP contribution in [0.2, 0.25) is 0 Å². The van der Waals surface area contributed by atoms with Gasteiger partial charge in [0.1, 0.15) is 6.61 Å². The number of aromatic nitrogens is 4. The molecule has 2 heterocycles. The molecule has 1 fully saturated rings. The van der Waals surface area contributed by atoms with E-state index in [2.05, 4.69) is 20.6 Å². The second kappa shape index (κ2) is 5.72. The number of piperidine rings is 1. The van der Waals surface area contributed by atoms with Crippen LogP contribution < -0.4 is 0 Å². The van der Waals surface area contributed by atoms with E-state index in [9.17, 15) is 4.79 Å². The van der Waals surface area contributed by atoms with Crippen molar-refractivity contribution in [3.8, 4) is 0 Å². The minimum absolute atomic E-state index is 0.0423. The number of tetrazole rings is 1. The average Bonchev–Trinajstić information content (AvgIpc) is 2.83. The molecule has 0 spiro atoms. The standard InChI is InChI=1S/C10H17N5O2/c1-17-7-10(16)15-5-3-2-4-8(15)6-9-11-13-14-12-9/h8H,2-7H2,1H3,(H,11,12,13,14). The molecule has 1 unspecified atom stereocenters. The second-order valence-electron chi connectivity index (χ2n) is 4.20. The van der Waals surface area contributed by atoms with Crippen molar-refractivity contribution in [1.82, 2.24) is 25.5 Å². The Morgan fingerprint density at radius 1 is 1.59 bits per heavy atom. The molecule has 0 aliphatic carbocycles. The molecule has 1 atom stereocenters. The van der Waals surface area contributed by atoms with Gasteiger partial charge in [0.05, 0.1) is 0 Å². The first kappa shape index (κ1) is 12.0. The summed E-state index contributed by atoms with van der Waals surface area (Å²) in [7, 11) is 1.54. The highest BCUT2D eigenvalue weighted by molar-refractivity contribution is 5.77. The fourth-order valence-electron chi connectivity index (χ4n) is 2.23. The summed E-state index contributed by atoms with van der Waals surface area (Å²) in [4.78, 5) is 13.8. The predicted molar refractivity (Wildman–Crippen MR) is 59.1 cm³/mol. The molecule has 1 aliphatic heterocycles. The van der Waals surface area contributed by atoms with Gasteiger partial charge in [-0.15, -0.1) is 10.2 Å². The molecule has 0 aromatic carbocycles. The van der Waals surface area contributed by atoms with Gasteiger partial charge in [0.2, 0.25) is 5.91 Å². The van der Waals surface area contributed by atoms with Gasteiger partial charge in [-0.05, 0) is 19.3 Å². The van der Waals surface area contributed by atoms with Gasteiger partial charge in [0, 0.05) is 26.1 Å². The van der Waals surface area contributed by atoms with Crippen molar-refractivity contribution in [3.05, 3.63) is 5.82 Å². The summed E-state index contributed by atoms with van der Waals surface area (Å²) in [6, 6.07) is 0.170. The van der Waals surface area contributed by atoms with Gasteiger partial charge in [-0.3, -0.25) is 4.79 Å². The summed E-state index contributed by atoms with van der Waals surface area (Å²) in [5.41, 5.74) is 0. The van der Waals surface area contributed by atoms with E-state index >= 15 is 0 Å². The van der Waals surface area contributed by atoms with Gasteiger partial charge >= 0.3 is 0 Å². The predicted octanol–water partition coefficient (Wildman–Crippen LogP) is -0.230. The van der Waals surface area contributed by atoms with Gasteiger partial charge in [0.25, 0.3) is 0 Å². The number of ether oxygens (including phenoxy) is 1. The number of amides is 1. The first-order valence-electron chi connectivity index (χ1n) is 5.82. The molecular weight excluding hydrogens is 222 g/mol. The molecule has 1 aromatic heterocycles. The van der Waals surface area contributed by atoms with Crippen LogP contribution >= 0.6 is 0 Å². The monoisotopic (exact) mass is 239 g/mol. The number of hydrogen-bond donors (Lipinski definition) is 1. The zero-order chi connectivity index (χ0) is 12.1. The Labute approximate surface area is 99.5 Å². The lowest BCUT2D eigenvalue weighted by molar-refractivity contribution is -0.138. The molecule has 0 saturated carbocycles. The Morgan fingerprint density at radius 2 is 2.47 bits per heavy atom. The number of aromatic amines is 1. The molecule has 1 N–H and O–H groups in total. The lowest BCUT2D eigenvalue weighted by atomic mass is 9.99. The van der Waals surface area contributed by atoms with Crippen LogP contribution in [0.5, 0.6) is 0 Å². The summed E-state index contributed by atoms with van der Waals surface area (Å²) >= 11 is 0. The maximum absolute atomic E-state index is 11.9. The van der Waals surface area contributed by atoms with E-state index in [-0.39, 0.29) is 18.6 Å². The maximum Gasteiger partial charge on any atom is 0.248 e. The summed E-state index contributed by atoms with van der Waals surface area (Å²) < 4.78 is 4.90. The minimum Gasteiger partial charge on any atom is -0.375 e. The highest BCUT2D eigenvalue weighted by Gasteiger charge is 2.27. The van der Waals surface area contributed by atoms with Crippen molar-refractivity contribution in [3.63, 3.8) is 0 Å². The number of likely N-dealkylation sites (tertiary alicyclic amines) is 1. The van der Waals surface area contributed by atoms with Crippen LogP contribution in [0, 0.1) is 0 Å². The summed E-state index contributed by atoms with van der Waals surface area (Å²) in [5, 5.41) is 13.8. The van der Waals surface area contributed by atoms with Crippen LogP contribution in [-0.2, 0) is 16.0 Å². The van der Waals surface area contributed by atoms with Gasteiger partial charge in [-0.1, -0.05) is 5.21 Å². The number of hydrogen-bond acceptors (Lipinski definition) is 5. The quantitative estimate of drug-likeness (QED) is 0.784. The lowest BCUT2D eigenvalue weighted by Gasteiger charge is -2.35. The van der Waals surface area contributed by atoms with Crippen molar-refractivity contribution in [2.24, 2.45) is 0 Å². The number of nitrogens with one attached hydrogen (secondary N) is 1. The molecule has 2 rings (SSSR count). The van der Waals surface area contributed by atoms with Gasteiger partial charge in [-0.2, -0.15) is 5.21 Å². The second-order valence-corrected chi connectivity index (χ2v) is 4.20. The Hall–Kier alpha value is -1.50. The molecule has 7 heteroatoms. The molecule has 7 nitrogen and oxygen atoms in total. The molecule has 1 amide bonds. The van der Waals surface area contributed by atoms with E-state index in [1.807, 2.05) is 4.90 Å². The first-order chi connectivity index (χ1) is 8.31. The highest BCUT2D eigenvalue weighted by atomic mass is 16.5. The number of carbonyl (C=O) groups excluding carboxylic acids is 1. The van der Waals surface area contributed by atoms with Gasteiger partial charge < -0.3 is 9.64 Å². The van der Waals surface area contributed by atoms with E-state index in [0.717, 1.165) is 25.8 Å². The van der Waals surface area contributed by atoms with E-state index in [1.54, 1.807) is 0 Å². The Morgan fingerprint density at radius 3 is 3.18 bits per heavy atom. The van der Waals surface area contributed by atoms with Crippen LogP contribution in [0.4, 0.5) is 0 Å². The van der Waals surface area contributed by atoms with Crippen LogP contribution in [0.25, 0.3) is 0 Å². The number of nitrogens with zero attached hydrogens (tertiary/aromatic N) is 4. The third-order valence-corrected chi connectivity index (χ3v) is 3.02. The SMILES string of the molecule is COCC(=O)N1CCCCC1Cc1nn[nH]n1. The zero-order valence-corrected chi connectivity index (χ0v) is 9.93. The molecule has 1 aromatic rings. The van der Waals surface area contributed by atoms with Crippen LogP contribution in [0.15, 0.2) is 0 Å². The van der Waals surface area contributed by atoms with Crippen LogP contribution in [-0.4, -0.2) is 57.7 Å². The fraction of sp³-hybridized carbons (Fsp3) is 0.800. The number of methoxy groups -OCH3 is 1. The lowest BCUT2D eigenvalue weighted by Crippen LogP contribution is -2.46. The van der Waals surface area contributed by atoms with E-state index in [1.165, 1.54) is 7.11 Å². The summed E-state index contributed by atoms with van der Waals surface area (Å²) in [6.07, 6.45) is 3.84. The van der Waals surface area contributed by atoms with Crippen molar-refractivity contribution in [2.45, 2.75) is 31.7 Å². The largest absolute Gasteiger partial charge is 0.375 e. The normalized spacial score (nSPS) is 20.5. The average molecular weight is 239 g/mol. The smallest absolute Gasteiger partial charge is 0.248 e. The highest BCUT2D eigenvalue weighted by Crippen LogP contribution is 2.19. The van der Waals surface area contributed by atoms with Gasteiger partial charge in [0.15, 0.2) is 5.82 Å². The number of carbonyl (C=O) groups is 1. The molecule has 0 radical (unpaired) electrons.